The lowest BCUT2D eigenvalue weighted by atomic mass is 10.4. The van der Waals surface area contributed by atoms with Gasteiger partial charge in [0.05, 0.1) is 72.6 Å². The molecular weight excluding hydrogens is 516 g/mol. The Labute approximate surface area is 230 Å². The predicted molar refractivity (Wildman–Crippen MR) is 152 cm³/mol. The molecule has 1 aromatic heterocycles. The topological polar surface area (TPSA) is 116 Å². The lowest BCUT2D eigenvalue weighted by molar-refractivity contribution is -0.0110. The highest BCUT2D eigenvalue weighted by Gasteiger charge is 2.10. The number of imidazole rings is 1. The number of hydrogen-bond donors (Lipinski definition) is 0. The second kappa shape index (κ2) is 26.6. The number of azide groups is 1. The van der Waals surface area contributed by atoms with Crippen LogP contribution >= 0.6 is 23.5 Å². The van der Waals surface area contributed by atoms with E-state index in [1.54, 1.807) is 0 Å². The Hall–Kier alpha value is -1.02. The molecule has 0 aliphatic heterocycles. The molecule has 37 heavy (non-hydrogen) atoms. The fourth-order valence-corrected chi connectivity index (χ4v) is 4.49. The summed E-state index contributed by atoms with van der Waals surface area (Å²) in [4.78, 5) is 9.76. The standard InChI is InChI=1S/C24H46N6O5S2/c1-3-36-21-9-29(10-22-37-4-2)23-24-26-5-7-30(24)8-12-32-14-16-34-18-20-35-19-17-33-15-13-31-11-6-27-28-25/h5,7H,3-4,6,8-23H2,1-2H3. The Morgan fingerprint density at radius 3 is 1.86 bits per heavy atom. The third-order valence-electron chi connectivity index (χ3n) is 5.04. The van der Waals surface area contributed by atoms with Gasteiger partial charge in [-0.3, -0.25) is 4.90 Å². The molecule has 0 spiro atoms. The van der Waals surface area contributed by atoms with Crippen LogP contribution in [0.3, 0.4) is 0 Å². The number of nitrogens with zero attached hydrogens (tertiary/aromatic N) is 6. The molecule has 13 heteroatoms. The van der Waals surface area contributed by atoms with Crippen LogP contribution in [0, 0.1) is 0 Å². The minimum Gasteiger partial charge on any atom is -0.379 e. The summed E-state index contributed by atoms with van der Waals surface area (Å²) >= 11 is 3.98. The molecule has 0 radical (unpaired) electrons. The average Bonchev–Trinajstić information content (AvgIpc) is 3.34. The highest BCUT2D eigenvalue weighted by molar-refractivity contribution is 7.99. The average molecular weight is 563 g/mol. The van der Waals surface area contributed by atoms with Gasteiger partial charge in [-0.25, -0.2) is 4.98 Å². The first kappa shape index (κ1) is 34.0. The second-order valence-corrected chi connectivity index (χ2v) is 10.5. The molecule has 1 aromatic rings. The monoisotopic (exact) mass is 562 g/mol. The van der Waals surface area contributed by atoms with Crippen molar-refractivity contribution in [2.75, 3.05) is 109 Å². The Morgan fingerprint density at radius 2 is 1.35 bits per heavy atom. The summed E-state index contributed by atoms with van der Waals surface area (Å²) in [5.74, 6) is 5.74. The van der Waals surface area contributed by atoms with Gasteiger partial charge in [-0.15, -0.1) is 0 Å². The van der Waals surface area contributed by atoms with Crippen molar-refractivity contribution < 1.29 is 23.7 Å². The summed E-state index contributed by atoms with van der Waals surface area (Å²) in [6.07, 6.45) is 3.92. The van der Waals surface area contributed by atoms with E-state index in [2.05, 4.69) is 38.3 Å². The number of thioether (sulfide) groups is 2. The fourth-order valence-electron chi connectivity index (χ4n) is 3.14. The zero-order valence-electron chi connectivity index (χ0n) is 22.6. The highest BCUT2D eigenvalue weighted by atomic mass is 32.2. The molecule has 11 nitrogen and oxygen atoms in total. The lowest BCUT2D eigenvalue weighted by Crippen LogP contribution is -2.30. The van der Waals surface area contributed by atoms with Gasteiger partial charge in [0.2, 0.25) is 0 Å². The van der Waals surface area contributed by atoms with Gasteiger partial charge in [-0.1, -0.05) is 19.0 Å². The minimum atomic E-state index is 0.340. The molecular formula is C24H46N6O5S2. The summed E-state index contributed by atoms with van der Waals surface area (Å²) in [5, 5.41) is 3.39. The smallest absolute Gasteiger partial charge is 0.122 e. The van der Waals surface area contributed by atoms with E-state index in [0.29, 0.717) is 72.6 Å². The molecule has 0 atom stereocenters. The Morgan fingerprint density at radius 1 is 0.838 bits per heavy atom. The molecule has 0 amide bonds. The van der Waals surface area contributed by atoms with Crippen molar-refractivity contribution in [2.45, 2.75) is 26.9 Å². The van der Waals surface area contributed by atoms with Gasteiger partial charge < -0.3 is 28.3 Å². The van der Waals surface area contributed by atoms with Crippen molar-refractivity contribution in [3.8, 4) is 0 Å². The molecule has 214 valence electrons. The van der Waals surface area contributed by atoms with Crippen molar-refractivity contribution in [1.29, 1.82) is 0 Å². The Bertz CT molecular complexity index is 672. The third-order valence-corrected chi connectivity index (χ3v) is 6.80. The zero-order chi connectivity index (χ0) is 26.7. The Kier molecular flexibility index (Phi) is 24.4. The maximum Gasteiger partial charge on any atom is 0.122 e. The van der Waals surface area contributed by atoms with Crippen LogP contribution in [-0.2, 0) is 36.8 Å². The number of rotatable bonds is 28. The summed E-state index contributed by atoms with van der Waals surface area (Å²) < 4.78 is 29.6. The van der Waals surface area contributed by atoms with Gasteiger partial charge in [0.15, 0.2) is 0 Å². The largest absolute Gasteiger partial charge is 0.379 e. The summed E-state index contributed by atoms with van der Waals surface area (Å²) in [6, 6.07) is 0. The van der Waals surface area contributed by atoms with E-state index >= 15 is 0 Å². The lowest BCUT2D eigenvalue weighted by Gasteiger charge is -2.22. The first-order valence-electron chi connectivity index (χ1n) is 13.1. The van der Waals surface area contributed by atoms with Crippen molar-refractivity contribution in [1.82, 2.24) is 14.5 Å². The van der Waals surface area contributed by atoms with Crippen LogP contribution in [0.4, 0.5) is 0 Å². The number of ether oxygens (including phenoxy) is 5. The third kappa shape index (κ3) is 20.6. The Balaban J connectivity index is 2.01. The normalized spacial score (nSPS) is 11.3. The van der Waals surface area contributed by atoms with Crippen LogP contribution in [0.25, 0.3) is 10.4 Å². The zero-order valence-corrected chi connectivity index (χ0v) is 24.3. The fraction of sp³-hybridized carbons (Fsp3) is 0.875. The van der Waals surface area contributed by atoms with E-state index in [0.717, 1.165) is 55.0 Å². The predicted octanol–water partition coefficient (Wildman–Crippen LogP) is 3.58. The summed E-state index contributed by atoms with van der Waals surface area (Å²) in [7, 11) is 0. The van der Waals surface area contributed by atoms with Gasteiger partial charge in [0.1, 0.15) is 5.82 Å². The molecule has 0 N–H and O–H groups in total. The van der Waals surface area contributed by atoms with Crippen molar-refractivity contribution in [3.63, 3.8) is 0 Å². The molecule has 0 bridgehead atoms. The van der Waals surface area contributed by atoms with Crippen LogP contribution in [0.2, 0.25) is 0 Å². The molecule has 0 aliphatic carbocycles. The van der Waals surface area contributed by atoms with Crippen LogP contribution in [0.1, 0.15) is 19.7 Å². The number of aromatic nitrogens is 2. The van der Waals surface area contributed by atoms with E-state index in [-0.39, 0.29) is 0 Å². The first-order valence-corrected chi connectivity index (χ1v) is 15.4. The van der Waals surface area contributed by atoms with Crippen LogP contribution in [0.5, 0.6) is 0 Å². The highest BCUT2D eigenvalue weighted by Crippen LogP contribution is 2.08. The molecule has 1 heterocycles. The van der Waals surface area contributed by atoms with Crippen molar-refractivity contribution in [3.05, 3.63) is 28.7 Å². The van der Waals surface area contributed by atoms with Gasteiger partial charge in [-0.2, -0.15) is 23.5 Å². The van der Waals surface area contributed by atoms with Crippen LogP contribution in [0.15, 0.2) is 17.5 Å². The molecule has 0 aliphatic rings. The quantitative estimate of drug-likeness (QED) is 0.0654. The van der Waals surface area contributed by atoms with E-state index < -0.39 is 0 Å². The van der Waals surface area contributed by atoms with Crippen molar-refractivity contribution in [2.24, 2.45) is 5.11 Å². The first-order chi connectivity index (χ1) is 18.3. The molecule has 0 unspecified atom stereocenters. The molecule has 1 rings (SSSR count). The van der Waals surface area contributed by atoms with Gasteiger partial charge in [-0.05, 0) is 17.0 Å². The second-order valence-electron chi connectivity index (χ2n) is 7.72. The van der Waals surface area contributed by atoms with Gasteiger partial charge in [0.25, 0.3) is 0 Å². The molecule has 0 saturated heterocycles. The number of hydrogen-bond acceptors (Lipinski definition) is 10. The SMILES string of the molecule is CCSCCN(CCSCC)Cc1nccn1CCOCCOCCOCCOCCOCCN=[N+]=[N-]. The maximum absolute atomic E-state index is 8.15. The van der Waals surface area contributed by atoms with Crippen molar-refractivity contribution >= 4 is 23.5 Å². The van der Waals surface area contributed by atoms with E-state index in [1.807, 2.05) is 35.9 Å². The van der Waals surface area contributed by atoms with Gasteiger partial charge >= 0.3 is 0 Å². The van der Waals surface area contributed by atoms with Crippen LogP contribution < -0.4 is 0 Å². The molecule has 0 fully saturated rings. The minimum absolute atomic E-state index is 0.340. The molecule has 0 aromatic carbocycles. The summed E-state index contributed by atoms with van der Waals surface area (Å²) in [5.41, 5.74) is 8.15. The molecule has 0 saturated carbocycles. The van der Waals surface area contributed by atoms with E-state index in [9.17, 15) is 0 Å². The van der Waals surface area contributed by atoms with Crippen LogP contribution in [-0.4, -0.2) is 123 Å². The van der Waals surface area contributed by atoms with E-state index in [1.165, 1.54) is 0 Å². The van der Waals surface area contributed by atoms with Gasteiger partial charge in [0, 0.05) is 55.0 Å². The van der Waals surface area contributed by atoms with E-state index in [4.69, 9.17) is 29.2 Å². The summed E-state index contributed by atoms with van der Waals surface area (Å²) in [6.45, 7) is 13.8. The maximum atomic E-state index is 8.15.